The van der Waals surface area contributed by atoms with Crippen molar-refractivity contribution in [3.05, 3.63) is 93.7 Å². The Morgan fingerprint density at radius 3 is 2.37 bits per heavy atom. The van der Waals surface area contributed by atoms with Gasteiger partial charge in [-0.1, -0.05) is 66.2 Å². The number of aryl methyl sites for hydroxylation is 1. The third kappa shape index (κ3) is 4.46. The second kappa shape index (κ2) is 8.07. The van der Waals surface area contributed by atoms with Crippen molar-refractivity contribution < 1.29 is 10.1 Å². The molecule has 2 atom stereocenters. The van der Waals surface area contributed by atoms with Gasteiger partial charge >= 0.3 is 0 Å². The van der Waals surface area contributed by atoms with Crippen molar-refractivity contribution in [3.63, 3.8) is 0 Å². The van der Waals surface area contributed by atoms with E-state index in [1.807, 2.05) is 30.3 Å². The summed E-state index contributed by atoms with van der Waals surface area (Å²) in [4.78, 5) is 14.3. The van der Waals surface area contributed by atoms with Crippen molar-refractivity contribution in [2.45, 2.75) is 37.9 Å². The van der Waals surface area contributed by atoms with Gasteiger partial charge in [-0.05, 0) is 31.2 Å². The van der Waals surface area contributed by atoms with Crippen molar-refractivity contribution in [2.75, 3.05) is 0 Å². The number of nitrogens with two attached hydrogens (primary N) is 1. The van der Waals surface area contributed by atoms with Gasteiger partial charge in [0.25, 0.3) is 5.91 Å². The summed E-state index contributed by atoms with van der Waals surface area (Å²) in [6, 6.07) is 23.2. The lowest BCUT2D eigenvalue weighted by atomic mass is 9.99. The smallest absolute Gasteiger partial charge is 0.283 e. The first-order chi connectivity index (χ1) is 13.2. The SMILES string of the molecule is Cc1ccc([C@@H]([NH2+][C@@H](C(=O)NC2CC2)c2ccccc2)c2cccs2)cc1. The van der Waals surface area contributed by atoms with Gasteiger partial charge < -0.3 is 10.6 Å². The summed E-state index contributed by atoms with van der Waals surface area (Å²) in [6.07, 6.45) is 2.19. The maximum atomic E-state index is 13.0. The fraction of sp³-hybridized carbons (Fsp3) is 0.261. The van der Waals surface area contributed by atoms with Gasteiger partial charge in [-0.25, -0.2) is 0 Å². The highest BCUT2D eigenvalue weighted by Gasteiger charge is 2.33. The molecule has 2 aromatic carbocycles. The van der Waals surface area contributed by atoms with Crippen LogP contribution in [0.25, 0.3) is 0 Å². The van der Waals surface area contributed by atoms with Gasteiger partial charge in [0.15, 0.2) is 6.04 Å². The van der Waals surface area contributed by atoms with E-state index in [1.54, 1.807) is 11.3 Å². The average molecular weight is 378 g/mol. The van der Waals surface area contributed by atoms with Crippen LogP contribution in [0.3, 0.4) is 0 Å². The predicted octanol–water partition coefficient (Wildman–Crippen LogP) is 3.73. The molecule has 1 aliphatic rings. The van der Waals surface area contributed by atoms with E-state index in [0.717, 1.165) is 18.4 Å². The van der Waals surface area contributed by atoms with Crippen molar-refractivity contribution in [2.24, 2.45) is 0 Å². The molecule has 1 aromatic heterocycles. The summed E-state index contributed by atoms with van der Waals surface area (Å²) < 4.78 is 0. The van der Waals surface area contributed by atoms with Crippen molar-refractivity contribution in [1.29, 1.82) is 0 Å². The molecule has 0 radical (unpaired) electrons. The van der Waals surface area contributed by atoms with Crippen LogP contribution in [0, 0.1) is 6.92 Å². The van der Waals surface area contributed by atoms with Crippen molar-refractivity contribution >= 4 is 17.2 Å². The molecule has 0 aliphatic heterocycles. The van der Waals surface area contributed by atoms with Gasteiger partial charge in [0.05, 0.1) is 4.88 Å². The largest absolute Gasteiger partial charge is 0.348 e. The summed E-state index contributed by atoms with van der Waals surface area (Å²) >= 11 is 1.74. The molecule has 0 bridgehead atoms. The first kappa shape index (κ1) is 18.0. The molecule has 1 saturated carbocycles. The lowest BCUT2D eigenvalue weighted by Crippen LogP contribution is -2.88. The van der Waals surface area contributed by atoms with Crippen LogP contribution in [0.15, 0.2) is 72.1 Å². The highest BCUT2D eigenvalue weighted by atomic mass is 32.1. The van der Waals surface area contributed by atoms with Crippen LogP contribution in [-0.2, 0) is 4.79 Å². The molecular formula is C23H25N2OS+. The molecule has 1 fully saturated rings. The summed E-state index contributed by atoms with van der Waals surface area (Å²) in [5, 5.41) is 7.51. The standard InChI is InChI=1S/C23H24N2OS/c1-16-9-11-18(12-10-16)21(20-8-5-15-27-20)25-22(17-6-3-2-4-7-17)23(26)24-19-13-14-19/h2-12,15,19,21-22,25H,13-14H2,1H3,(H,24,26)/p+1/t21-,22-/m1/s1. The van der Waals surface area contributed by atoms with E-state index in [-0.39, 0.29) is 18.0 Å². The zero-order valence-electron chi connectivity index (χ0n) is 15.5. The molecule has 1 amide bonds. The summed E-state index contributed by atoms with van der Waals surface area (Å²) in [5.41, 5.74) is 3.52. The minimum atomic E-state index is -0.264. The van der Waals surface area contributed by atoms with Crippen LogP contribution in [0.4, 0.5) is 0 Å². The topological polar surface area (TPSA) is 45.7 Å². The highest BCUT2D eigenvalue weighted by Crippen LogP contribution is 2.25. The average Bonchev–Trinajstić information content (AvgIpc) is 3.33. The van der Waals surface area contributed by atoms with Gasteiger partial charge in [0.1, 0.15) is 6.04 Å². The molecule has 0 saturated heterocycles. The Balaban J connectivity index is 1.66. The molecule has 4 rings (SSSR count). The molecule has 1 heterocycles. The van der Waals surface area contributed by atoms with Crippen LogP contribution in [0.1, 0.15) is 46.5 Å². The lowest BCUT2D eigenvalue weighted by Gasteiger charge is -2.22. The van der Waals surface area contributed by atoms with Gasteiger partial charge in [0.2, 0.25) is 0 Å². The molecule has 1 aliphatic carbocycles. The Morgan fingerprint density at radius 2 is 1.74 bits per heavy atom. The Morgan fingerprint density at radius 1 is 1.00 bits per heavy atom. The quantitative estimate of drug-likeness (QED) is 0.647. The Labute approximate surface area is 164 Å². The van der Waals surface area contributed by atoms with E-state index in [1.165, 1.54) is 16.0 Å². The van der Waals surface area contributed by atoms with Gasteiger partial charge in [0, 0.05) is 17.2 Å². The first-order valence-electron chi connectivity index (χ1n) is 9.51. The number of hydrogen-bond donors (Lipinski definition) is 2. The van der Waals surface area contributed by atoms with Gasteiger partial charge in [-0.2, -0.15) is 0 Å². The number of amides is 1. The van der Waals surface area contributed by atoms with E-state index in [4.69, 9.17) is 0 Å². The van der Waals surface area contributed by atoms with Crippen LogP contribution in [0.2, 0.25) is 0 Å². The number of nitrogens with one attached hydrogen (secondary N) is 1. The van der Waals surface area contributed by atoms with Crippen LogP contribution >= 0.6 is 11.3 Å². The minimum Gasteiger partial charge on any atom is -0.348 e. The second-order valence-corrected chi connectivity index (χ2v) is 8.25. The Hall–Kier alpha value is -2.43. The highest BCUT2D eigenvalue weighted by molar-refractivity contribution is 7.10. The van der Waals surface area contributed by atoms with Crippen molar-refractivity contribution in [3.8, 4) is 0 Å². The maximum absolute atomic E-state index is 13.0. The minimum absolute atomic E-state index is 0.0979. The van der Waals surface area contributed by atoms with E-state index < -0.39 is 0 Å². The maximum Gasteiger partial charge on any atom is 0.283 e. The van der Waals surface area contributed by atoms with E-state index in [2.05, 4.69) is 59.3 Å². The van der Waals surface area contributed by atoms with Gasteiger partial charge in [-0.3, -0.25) is 4.79 Å². The first-order valence-corrected chi connectivity index (χ1v) is 10.4. The number of benzene rings is 2. The van der Waals surface area contributed by atoms with E-state index in [9.17, 15) is 4.79 Å². The molecule has 27 heavy (non-hydrogen) atoms. The van der Waals surface area contributed by atoms with E-state index >= 15 is 0 Å². The molecule has 4 heteroatoms. The van der Waals surface area contributed by atoms with Crippen LogP contribution in [-0.4, -0.2) is 11.9 Å². The number of quaternary nitrogens is 1. The number of carbonyl (C=O) groups excluding carboxylic acids is 1. The molecule has 0 unspecified atom stereocenters. The third-order valence-electron chi connectivity index (χ3n) is 5.04. The molecule has 3 nitrogen and oxygen atoms in total. The van der Waals surface area contributed by atoms with Gasteiger partial charge in [-0.15, -0.1) is 11.3 Å². The Bertz CT molecular complexity index is 871. The molecular weight excluding hydrogens is 352 g/mol. The molecule has 3 aromatic rings. The molecule has 138 valence electrons. The Kier molecular flexibility index (Phi) is 5.37. The molecule has 3 N–H and O–H groups in total. The summed E-state index contributed by atoms with van der Waals surface area (Å²) in [7, 11) is 0. The van der Waals surface area contributed by atoms with Crippen LogP contribution in [0.5, 0.6) is 0 Å². The zero-order chi connectivity index (χ0) is 18.6. The fourth-order valence-electron chi connectivity index (χ4n) is 3.33. The third-order valence-corrected chi connectivity index (χ3v) is 5.99. The lowest BCUT2D eigenvalue weighted by molar-refractivity contribution is -0.713. The predicted molar refractivity (Wildman–Crippen MR) is 110 cm³/mol. The van der Waals surface area contributed by atoms with Crippen LogP contribution < -0.4 is 10.6 Å². The zero-order valence-corrected chi connectivity index (χ0v) is 16.3. The number of thiophene rings is 1. The molecule has 0 spiro atoms. The summed E-state index contributed by atoms with van der Waals surface area (Å²) in [5.74, 6) is 0.109. The monoisotopic (exact) mass is 377 g/mol. The number of hydrogen-bond acceptors (Lipinski definition) is 2. The second-order valence-electron chi connectivity index (χ2n) is 7.27. The summed E-state index contributed by atoms with van der Waals surface area (Å²) in [6.45, 7) is 2.10. The van der Waals surface area contributed by atoms with Crippen molar-refractivity contribution in [1.82, 2.24) is 5.32 Å². The normalized spacial score (nSPS) is 15.9. The van der Waals surface area contributed by atoms with E-state index in [0.29, 0.717) is 6.04 Å². The number of rotatable bonds is 7. The fourth-order valence-corrected chi connectivity index (χ4v) is 4.17. The number of carbonyl (C=O) groups is 1.